The van der Waals surface area contributed by atoms with E-state index in [0.717, 1.165) is 12.8 Å². The quantitative estimate of drug-likeness (QED) is 0.526. The predicted octanol–water partition coefficient (Wildman–Crippen LogP) is 1.64. The molecule has 0 aliphatic heterocycles. The van der Waals surface area contributed by atoms with Crippen molar-refractivity contribution >= 4 is 0 Å². The average molecular weight is 175 g/mol. The second kappa shape index (κ2) is 8.97. The molecule has 0 heterocycles. The Kier molecular flexibility index (Phi) is 8.88. The molecule has 0 saturated carbocycles. The number of hydrogen-bond donors (Lipinski definition) is 0. The Hall–Kier alpha value is -0.120. The summed E-state index contributed by atoms with van der Waals surface area (Å²) in [6.45, 7) is 3.40. The highest BCUT2D eigenvalue weighted by atomic mass is 16.5. The minimum Gasteiger partial charge on any atom is -0.379 e. The second-order valence-corrected chi connectivity index (χ2v) is 2.75. The zero-order valence-electron chi connectivity index (χ0n) is 8.04. The number of ether oxygens (including phenoxy) is 2. The highest BCUT2D eigenvalue weighted by molar-refractivity contribution is 4.51. The van der Waals surface area contributed by atoms with Gasteiger partial charge in [0.1, 0.15) is 0 Å². The third kappa shape index (κ3) is 6.58. The molecule has 0 aromatic carbocycles. The number of rotatable bonds is 8. The monoisotopic (exact) mass is 175 g/mol. The van der Waals surface area contributed by atoms with Crippen molar-refractivity contribution in [2.24, 2.45) is 0 Å². The highest BCUT2D eigenvalue weighted by Crippen LogP contribution is 1.97. The molecule has 12 heavy (non-hydrogen) atoms. The Morgan fingerprint density at radius 2 is 2.08 bits per heavy atom. The van der Waals surface area contributed by atoms with Crippen LogP contribution in [0, 0.1) is 0 Å². The lowest BCUT2D eigenvalue weighted by Gasteiger charge is -2.12. The molecule has 3 heteroatoms. The van der Waals surface area contributed by atoms with Crippen molar-refractivity contribution in [1.82, 2.24) is 0 Å². The van der Waals surface area contributed by atoms with Gasteiger partial charge in [0.15, 0.2) is 0 Å². The summed E-state index contributed by atoms with van der Waals surface area (Å²) in [6.07, 6.45) is 2.75. The summed E-state index contributed by atoms with van der Waals surface area (Å²) in [4.78, 5) is 0. The summed E-state index contributed by atoms with van der Waals surface area (Å²) in [6, 6.07) is 0. The van der Waals surface area contributed by atoms with Gasteiger partial charge in [-0.25, -0.2) is 5.11 Å². The molecule has 73 valence electrons. The summed E-state index contributed by atoms with van der Waals surface area (Å²) in [5.41, 5.74) is 0. The maximum Gasteiger partial charge on any atom is 0.0823 e. The minimum absolute atomic E-state index is 0.00481. The third-order valence-corrected chi connectivity index (χ3v) is 1.78. The molecule has 0 fully saturated rings. The van der Waals surface area contributed by atoms with Crippen molar-refractivity contribution in [3.63, 3.8) is 0 Å². The Morgan fingerprint density at radius 1 is 1.33 bits per heavy atom. The SMILES string of the molecule is CCC(COCCCC[O])OC. The summed E-state index contributed by atoms with van der Waals surface area (Å²) in [7, 11) is 1.69. The van der Waals surface area contributed by atoms with Crippen LogP contribution in [-0.4, -0.2) is 33.0 Å². The van der Waals surface area contributed by atoms with Gasteiger partial charge in [-0.15, -0.1) is 0 Å². The Balaban J connectivity index is 3.06. The van der Waals surface area contributed by atoms with Crippen molar-refractivity contribution in [3.8, 4) is 0 Å². The summed E-state index contributed by atoms with van der Waals surface area (Å²) < 4.78 is 10.4. The van der Waals surface area contributed by atoms with Crippen molar-refractivity contribution in [1.29, 1.82) is 0 Å². The van der Waals surface area contributed by atoms with E-state index in [1.807, 2.05) is 0 Å². The second-order valence-electron chi connectivity index (χ2n) is 2.75. The first-order valence-corrected chi connectivity index (χ1v) is 4.53. The van der Waals surface area contributed by atoms with Gasteiger partial charge in [-0.2, -0.15) is 0 Å². The van der Waals surface area contributed by atoms with Crippen LogP contribution >= 0.6 is 0 Å². The third-order valence-electron chi connectivity index (χ3n) is 1.78. The molecule has 0 aliphatic rings. The standard InChI is InChI=1S/C9H19O3/c1-3-9(11-2)8-12-7-5-4-6-10/h9H,3-8H2,1-2H3. The number of methoxy groups -OCH3 is 1. The van der Waals surface area contributed by atoms with E-state index in [9.17, 15) is 5.11 Å². The van der Waals surface area contributed by atoms with Gasteiger partial charge in [0.2, 0.25) is 0 Å². The van der Waals surface area contributed by atoms with Gasteiger partial charge in [-0.1, -0.05) is 6.92 Å². The molecular weight excluding hydrogens is 156 g/mol. The van der Waals surface area contributed by atoms with Gasteiger partial charge in [-0.05, 0) is 19.3 Å². The molecule has 0 aliphatic carbocycles. The van der Waals surface area contributed by atoms with Crippen LogP contribution in [0.4, 0.5) is 0 Å². The minimum atomic E-state index is 0.00481. The summed E-state index contributed by atoms with van der Waals surface area (Å²) >= 11 is 0. The molecule has 1 unspecified atom stereocenters. The van der Waals surface area contributed by atoms with Gasteiger partial charge < -0.3 is 9.47 Å². The van der Waals surface area contributed by atoms with Crippen molar-refractivity contribution in [2.45, 2.75) is 32.3 Å². The van der Waals surface area contributed by atoms with Crippen molar-refractivity contribution < 1.29 is 14.6 Å². The van der Waals surface area contributed by atoms with E-state index in [1.54, 1.807) is 7.11 Å². The van der Waals surface area contributed by atoms with E-state index in [2.05, 4.69) is 6.92 Å². The van der Waals surface area contributed by atoms with Crippen LogP contribution in [0.3, 0.4) is 0 Å². The van der Waals surface area contributed by atoms with Crippen LogP contribution in [0.15, 0.2) is 0 Å². The van der Waals surface area contributed by atoms with E-state index < -0.39 is 0 Å². The van der Waals surface area contributed by atoms with Crippen LogP contribution < -0.4 is 0 Å². The molecule has 0 bridgehead atoms. The van der Waals surface area contributed by atoms with Gasteiger partial charge in [0.25, 0.3) is 0 Å². The molecule has 1 radical (unpaired) electrons. The Bertz CT molecular complexity index is 81.8. The topological polar surface area (TPSA) is 38.4 Å². The van der Waals surface area contributed by atoms with Crippen LogP contribution in [0.25, 0.3) is 0 Å². The maximum atomic E-state index is 10.1. The number of hydrogen-bond acceptors (Lipinski definition) is 2. The van der Waals surface area contributed by atoms with E-state index in [0.29, 0.717) is 19.6 Å². The molecule has 0 N–H and O–H groups in total. The lowest BCUT2D eigenvalue weighted by Crippen LogP contribution is -2.17. The molecule has 0 rings (SSSR count). The molecule has 3 nitrogen and oxygen atoms in total. The van der Waals surface area contributed by atoms with E-state index in [-0.39, 0.29) is 12.7 Å². The van der Waals surface area contributed by atoms with Crippen LogP contribution in [0.5, 0.6) is 0 Å². The molecular formula is C9H19O3. The van der Waals surface area contributed by atoms with Gasteiger partial charge in [0, 0.05) is 13.7 Å². The summed E-state index contributed by atoms with van der Waals surface area (Å²) in [5.74, 6) is 0. The zero-order valence-corrected chi connectivity index (χ0v) is 8.04. The van der Waals surface area contributed by atoms with E-state index >= 15 is 0 Å². The van der Waals surface area contributed by atoms with Crippen LogP contribution in [0.1, 0.15) is 26.2 Å². The van der Waals surface area contributed by atoms with E-state index in [1.165, 1.54) is 0 Å². The van der Waals surface area contributed by atoms with Crippen LogP contribution in [-0.2, 0) is 14.6 Å². The first-order valence-electron chi connectivity index (χ1n) is 4.53. The fraction of sp³-hybridized carbons (Fsp3) is 1.00. The molecule has 0 spiro atoms. The fourth-order valence-corrected chi connectivity index (χ4v) is 0.874. The van der Waals surface area contributed by atoms with Gasteiger partial charge in [0.05, 0.1) is 19.3 Å². The molecule has 0 amide bonds. The van der Waals surface area contributed by atoms with Gasteiger partial charge >= 0.3 is 0 Å². The normalized spacial score (nSPS) is 13.2. The first-order chi connectivity index (χ1) is 5.85. The number of unbranched alkanes of at least 4 members (excludes halogenated alkanes) is 1. The molecule has 0 aromatic rings. The molecule has 0 aromatic heterocycles. The van der Waals surface area contributed by atoms with Crippen molar-refractivity contribution in [3.05, 3.63) is 0 Å². The largest absolute Gasteiger partial charge is 0.379 e. The average Bonchev–Trinajstić information content (AvgIpc) is 2.11. The molecule has 1 atom stereocenters. The van der Waals surface area contributed by atoms with Gasteiger partial charge in [-0.3, -0.25) is 0 Å². The lowest BCUT2D eigenvalue weighted by atomic mass is 10.3. The predicted molar refractivity (Wildman–Crippen MR) is 46.7 cm³/mol. The lowest BCUT2D eigenvalue weighted by molar-refractivity contribution is 0.00467. The zero-order chi connectivity index (χ0) is 9.23. The van der Waals surface area contributed by atoms with E-state index in [4.69, 9.17) is 9.47 Å². The Labute approximate surface area is 74.7 Å². The van der Waals surface area contributed by atoms with Crippen molar-refractivity contribution in [2.75, 3.05) is 26.9 Å². The summed E-state index contributed by atoms with van der Waals surface area (Å²) in [5, 5.41) is 10.1. The highest BCUT2D eigenvalue weighted by Gasteiger charge is 2.02. The Morgan fingerprint density at radius 3 is 2.58 bits per heavy atom. The smallest absolute Gasteiger partial charge is 0.0823 e. The first kappa shape index (κ1) is 11.9. The molecule has 0 saturated heterocycles. The maximum absolute atomic E-state index is 10.1. The fourth-order valence-electron chi connectivity index (χ4n) is 0.874. The van der Waals surface area contributed by atoms with Crippen LogP contribution in [0.2, 0.25) is 0 Å².